The molecular formula is C18H22BrN3O2. The standard InChI is InChI=1S/C18H22BrN3O2/c1-3-13-10-17(21-12(2)23)15(11-16(13)19)18-4-7-20-22(18)14-5-8-24-9-6-14/h4,7,10-11,14H,3,5-6,8-9H2,1-2H3,(H,21,23). The van der Waals surface area contributed by atoms with Crippen LogP contribution in [0.1, 0.15) is 38.3 Å². The number of nitrogens with one attached hydrogen (secondary N) is 1. The Morgan fingerprint density at radius 1 is 1.42 bits per heavy atom. The van der Waals surface area contributed by atoms with Crippen LogP contribution in [0.4, 0.5) is 5.69 Å². The minimum Gasteiger partial charge on any atom is -0.381 e. The van der Waals surface area contributed by atoms with E-state index in [1.54, 1.807) is 0 Å². The minimum absolute atomic E-state index is 0.0715. The summed E-state index contributed by atoms with van der Waals surface area (Å²) in [5.41, 5.74) is 4.00. The van der Waals surface area contributed by atoms with Crippen molar-refractivity contribution in [1.29, 1.82) is 0 Å². The van der Waals surface area contributed by atoms with E-state index in [1.165, 1.54) is 12.5 Å². The van der Waals surface area contributed by atoms with E-state index in [1.807, 2.05) is 18.3 Å². The SMILES string of the molecule is CCc1cc(NC(C)=O)c(-c2ccnn2C2CCOCC2)cc1Br. The van der Waals surface area contributed by atoms with Gasteiger partial charge in [0.2, 0.25) is 5.91 Å². The van der Waals surface area contributed by atoms with Gasteiger partial charge in [0.1, 0.15) is 0 Å². The predicted octanol–water partition coefficient (Wildman–Crippen LogP) is 4.18. The van der Waals surface area contributed by atoms with Crippen LogP contribution >= 0.6 is 15.9 Å². The van der Waals surface area contributed by atoms with Gasteiger partial charge in [0, 0.05) is 36.4 Å². The molecular weight excluding hydrogens is 370 g/mol. The average Bonchev–Trinajstić information content (AvgIpc) is 3.06. The first-order chi connectivity index (χ1) is 11.6. The van der Waals surface area contributed by atoms with E-state index in [4.69, 9.17) is 4.74 Å². The number of ether oxygens (including phenoxy) is 1. The smallest absolute Gasteiger partial charge is 0.221 e. The van der Waals surface area contributed by atoms with Gasteiger partial charge in [-0.3, -0.25) is 9.48 Å². The molecule has 1 aromatic carbocycles. The first-order valence-electron chi connectivity index (χ1n) is 8.31. The number of rotatable bonds is 4. The number of halogens is 1. The van der Waals surface area contributed by atoms with Gasteiger partial charge in [0.25, 0.3) is 0 Å². The number of anilines is 1. The number of carbonyl (C=O) groups is 1. The summed E-state index contributed by atoms with van der Waals surface area (Å²) in [6.45, 7) is 5.17. The Morgan fingerprint density at radius 3 is 2.83 bits per heavy atom. The second kappa shape index (κ2) is 7.49. The van der Waals surface area contributed by atoms with E-state index in [9.17, 15) is 4.79 Å². The van der Waals surface area contributed by atoms with Crippen LogP contribution in [0.3, 0.4) is 0 Å². The second-order valence-corrected chi connectivity index (χ2v) is 6.88. The van der Waals surface area contributed by atoms with Gasteiger partial charge >= 0.3 is 0 Å². The first-order valence-corrected chi connectivity index (χ1v) is 9.11. The molecule has 128 valence electrons. The number of amides is 1. The van der Waals surface area contributed by atoms with Gasteiger partial charge in [-0.2, -0.15) is 5.10 Å². The van der Waals surface area contributed by atoms with Crippen LogP contribution in [0.25, 0.3) is 11.3 Å². The number of aryl methyl sites for hydroxylation is 1. The van der Waals surface area contributed by atoms with E-state index in [0.29, 0.717) is 6.04 Å². The third-order valence-electron chi connectivity index (χ3n) is 4.36. The number of carbonyl (C=O) groups excluding carboxylic acids is 1. The first kappa shape index (κ1) is 17.2. The fourth-order valence-electron chi connectivity index (χ4n) is 3.14. The lowest BCUT2D eigenvalue weighted by Gasteiger charge is -2.25. The number of benzene rings is 1. The molecule has 0 saturated carbocycles. The monoisotopic (exact) mass is 391 g/mol. The highest BCUT2D eigenvalue weighted by atomic mass is 79.9. The highest BCUT2D eigenvalue weighted by Gasteiger charge is 2.21. The Hall–Kier alpha value is -1.66. The van der Waals surface area contributed by atoms with Crippen LogP contribution in [0.2, 0.25) is 0 Å². The molecule has 24 heavy (non-hydrogen) atoms. The number of hydrogen-bond donors (Lipinski definition) is 1. The van der Waals surface area contributed by atoms with Gasteiger partial charge in [0.05, 0.1) is 17.4 Å². The molecule has 1 aliphatic heterocycles. The molecule has 0 aliphatic carbocycles. The normalized spacial score (nSPS) is 15.5. The summed E-state index contributed by atoms with van der Waals surface area (Å²) in [5.74, 6) is -0.0715. The fourth-order valence-corrected chi connectivity index (χ4v) is 3.77. The summed E-state index contributed by atoms with van der Waals surface area (Å²) in [6, 6.07) is 6.46. The van der Waals surface area contributed by atoms with Crippen LogP contribution in [-0.4, -0.2) is 28.9 Å². The molecule has 1 fully saturated rings. The molecule has 0 atom stereocenters. The summed E-state index contributed by atoms with van der Waals surface area (Å²) in [6.07, 6.45) is 4.63. The molecule has 6 heteroatoms. The Bertz CT molecular complexity index is 736. The van der Waals surface area contributed by atoms with Gasteiger partial charge in [-0.15, -0.1) is 0 Å². The van der Waals surface area contributed by atoms with Crippen molar-refractivity contribution in [2.24, 2.45) is 0 Å². The Balaban J connectivity index is 2.07. The zero-order valence-electron chi connectivity index (χ0n) is 14.0. The Labute approximate surface area is 150 Å². The van der Waals surface area contributed by atoms with Crippen molar-refractivity contribution >= 4 is 27.5 Å². The average molecular weight is 392 g/mol. The number of aromatic nitrogens is 2. The Morgan fingerprint density at radius 2 is 2.17 bits per heavy atom. The van der Waals surface area contributed by atoms with E-state index in [-0.39, 0.29) is 5.91 Å². The van der Waals surface area contributed by atoms with Crippen LogP contribution in [-0.2, 0) is 16.0 Å². The molecule has 1 aliphatic rings. The minimum atomic E-state index is -0.0715. The summed E-state index contributed by atoms with van der Waals surface area (Å²) in [5, 5.41) is 7.51. The van der Waals surface area contributed by atoms with Crippen LogP contribution in [0, 0.1) is 0 Å². The fraction of sp³-hybridized carbons (Fsp3) is 0.444. The molecule has 2 heterocycles. The summed E-state index contributed by atoms with van der Waals surface area (Å²) >= 11 is 3.65. The van der Waals surface area contributed by atoms with Crippen molar-refractivity contribution < 1.29 is 9.53 Å². The summed E-state index contributed by atoms with van der Waals surface area (Å²) in [4.78, 5) is 11.6. The maximum absolute atomic E-state index is 11.6. The molecule has 1 aromatic heterocycles. The highest BCUT2D eigenvalue weighted by Crippen LogP contribution is 2.36. The van der Waals surface area contributed by atoms with E-state index < -0.39 is 0 Å². The molecule has 0 bridgehead atoms. The van der Waals surface area contributed by atoms with Gasteiger partial charge < -0.3 is 10.1 Å². The van der Waals surface area contributed by atoms with E-state index >= 15 is 0 Å². The predicted molar refractivity (Wildman–Crippen MR) is 98.1 cm³/mol. The molecule has 0 radical (unpaired) electrons. The third-order valence-corrected chi connectivity index (χ3v) is 5.10. The molecule has 1 N–H and O–H groups in total. The molecule has 1 saturated heterocycles. The molecule has 5 nitrogen and oxygen atoms in total. The summed E-state index contributed by atoms with van der Waals surface area (Å²) < 4.78 is 8.58. The van der Waals surface area contributed by atoms with Crippen molar-refractivity contribution in [3.63, 3.8) is 0 Å². The maximum atomic E-state index is 11.6. The lowest BCUT2D eigenvalue weighted by molar-refractivity contribution is -0.114. The summed E-state index contributed by atoms with van der Waals surface area (Å²) in [7, 11) is 0. The number of nitrogens with zero attached hydrogens (tertiary/aromatic N) is 2. The second-order valence-electron chi connectivity index (χ2n) is 6.03. The van der Waals surface area contributed by atoms with Crippen molar-refractivity contribution in [2.75, 3.05) is 18.5 Å². The number of hydrogen-bond acceptors (Lipinski definition) is 3. The largest absolute Gasteiger partial charge is 0.381 e. The van der Waals surface area contributed by atoms with Crippen molar-refractivity contribution in [3.05, 3.63) is 34.4 Å². The quantitative estimate of drug-likeness (QED) is 0.849. The molecule has 1 amide bonds. The van der Waals surface area contributed by atoms with E-state index in [2.05, 4.69) is 44.0 Å². The van der Waals surface area contributed by atoms with Crippen LogP contribution in [0.15, 0.2) is 28.9 Å². The topological polar surface area (TPSA) is 56.2 Å². The van der Waals surface area contributed by atoms with Crippen molar-refractivity contribution in [1.82, 2.24) is 9.78 Å². The Kier molecular flexibility index (Phi) is 5.36. The molecule has 0 spiro atoms. The third kappa shape index (κ3) is 3.54. The lowest BCUT2D eigenvalue weighted by atomic mass is 10.0. The highest BCUT2D eigenvalue weighted by molar-refractivity contribution is 9.10. The molecule has 3 rings (SSSR count). The lowest BCUT2D eigenvalue weighted by Crippen LogP contribution is -2.21. The van der Waals surface area contributed by atoms with Gasteiger partial charge in [-0.05, 0) is 43.0 Å². The van der Waals surface area contributed by atoms with Gasteiger partial charge in [0.15, 0.2) is 0 Å². The maximum Gasteiger partial charge on any atom is 0.221 e. The van der Waals surface area contributed by atoms with Crippen LogP contribution in [0.5, 0.6) is 0 Å². The molecule has 2 aromatic rings. The van der Waals surface area contributed by atoms with Gasteiger partial charge in [-0.1, -0.05) is 22.9 Å². The van der Waals surface area contributed by atoms with E-state index in [0.717, 1.165) is 53.9 Å². The van der Waals surface area contributed by atoms with Crippen molar-refractivity contribution in [2.45, 2.75) is 39.2 Å². The zero-order chi connectivity index (χ0) is 17.1. The molecule has 0 unspecified atom stereocenters. The van der Waals surface area contributed by atoms with Gasteiger partial charge in [-0.25, -0.2) is 0 Å². The zero-order valence-corrected chi connectivity index (χ0v) is 15.6. The van der Waals surface area contributed by atoms with Crippen LogP contribution < -0.4 is 5.32 Å². The van der Waals surface area contributed by atoms with Crippen molar-refractivity contribution in [3.8, 4) is 11.3 Å².